The molecule has 0 aliphatic carbocycles. The molecule has 4 heteroatoms. The fourth-order valence-corrected chi connectivity index (χ4v) is 4.18. The summed E-state index contributed by atoms with van der Waals surface area (Å²) in [6.45, 7) is 0.790. The lowest BCUT2D eigenvalue weighted by molar-refractivity contribution is 0.0980. The largest absolute Gasteiger partial charge is 0.488 e. The number of benzene rings is 4. The summed E-state index contributed by atoms with van der Waals surface area (Å²) in [6.07, 6.45) is 3.41. The van der Waals surface area contributed by atoms with Gasteiger partial charge in [0.25, 0.3) is 5.91 Å². The van der Waals surface area contributed by atoms with Crippen LogP contribution in [0.1, 0.15) is 21.5 Å². The van der Waals surface area contributed by atoms with Crippen molar-refractivity contribution >= 4 is 11.6 Å². The zero-order chi connectivity index (χ0) is 24.6. The topological polar surface area (TPSA) is 42.4 Å². The van der Waals surface area contributed by atoms with E-state index in [0.29, 0.717) is 24.5 Å². The number of carbonyl (C=O) groups excluding carboxylic acids is 1. The summed E-state index contributed by atoms with van der Waals surface area (Å²) in [5, 5.41) is 0. The highest BCUT2D eigenvalue weighted by atomic mass is 16.5. The zero-order valence-electron chi connectivity index (χ0n) is 19.8. The Kier molecular flexibility index (Phi) is 7.14. The summed E-state index contributed by atoms with van der Waals surface area (Å²) in [4.78, 5) is 20.0. The van der Waals surface area contributed by atoms with Gasteiger partial charge >= 0.3 is 0 Å². The van der Waals surface area contributed by atoms with Gasteiger partial charge in [0, 0.05) is 18.1 Å². The molecule has 4 nitrogen and oxygen atoms in total. The maximum absolute atomic E-state index is 14.1. The molecule has 0 radical (unpaired) electrons. The van der Waals surface area contributed by atoms with Crippen molar-refractivity contribution in [3.05, 3.63) is 150 Å². The van der Waals surface area contributed by atoms with E-state index in [1.54, 1.807) is 17.3 Å². The molecule has 176 valence electrons. The summed E-state index contributed by atoms with van der Waals surface area (Å²) >= 11 is 0. The molecule has 0 fully saturated rings. The summed E-state index contributed by atoms with van der Waals surface area (Å²) < 4.78 is 6.11. The molecule has 0 N–H and O–H groups in total. The lowest BCUT2D eigenvalue weighted by Crippen LogP contribution is -2.31. The lowest BCUT2D eigenvalue weighted by atomic mass is 9.99. The van der Waals surface area contributed by atoms with Crippen LogP contribution in [0.3, 0.4) is 0 Å². The summed E-state index contributed by atoms with van der Waals surface area (Å²) in [7, 11) is 0. The standard InChI is InChI=1S/C32H26N2O2/c35-32(30-17-9-10-18-31(30)36-24-25-11-3-1-4-12-25)34(28-19-21-33-22-20-28)23-27-15-7-8-16-29(27)26-13-5-2-6-14-26/h1-22H,23-24H2. The number of pyridine rings is 1. The van der Waals surface area contributed by atoms with Crippen molar-refractivity contribution in [1.82, 2.24) is 4.98 Å². The molecule has 0 atom stereocenters. The molecular weight excluding hydrogens is 444 g/mol. The van der Waals surface area contributed by atoms with Crippen LogP contribution in [-0.4, -0.2) is 10.9 Å². The molecule has 0 aliphatic heterocycles. The molecule has 36 heavy (non-hydrogen) atoms. The van der Waals surface area contributed by atoms with Crippen LogP contribution in [0.5, 0.6) is 5.75 Å². The fourth-order valence-electron chi connectivity index (χ4n) is 4.18. The van der Waals surface area contributed by atoms with Gasteiger partial charge in [-0.3, -0.25) is 9.78 Å². The minimum atomic E-state index is -0.132. The quantitative estimate of drug-likeness (QED) is 0.241. The molecule has 0 spiro atoms. The molecule has 1 aromatic heterocycles. The Hall–Kier alpha value is -4.70. The van der Waals surface area contributed by atoms with E-state index < -0.39 is 0 Å². The molecule has 0 saturated heterocycles. The number of hydrogen-bond acceptors (Lipinski definition) is 3. The van der Waals surface area contributed by atoms with Gasteiger partial charge in [-0.25, -0.2) is 0 Å². The molecule has 1 amide bonds. The monoisotopic (exact) mass is 470 g/mol. The predicted octanol–water partition coefficient (Wildman–Crippen LogP) is 7.17. The average molecular weight is 471 g/mol. The molecule has 4 aromatic carbocycles. The van der Waals surface area contributed by atoms with E-state index in [4.69, 9.17) is 4.74 Å². The summed E-state index contributed by atoms with van der Waals surface area (Å²) in [6, 6.07) is 39.5. The van der Waals surface area contributed by atoms with Gasteiger partial charge in [-0.1, -0.05) is 97.1 Å². The maximum Gasteiger partial charge on any atom is 0.262 e. The van der Waals surface area contributed by atoms with Crippen molar-refractivity contribution in [2.24, 2.45) is 0 Å². The Labute approximate surface area is 211 Å². The van der Waals surface area contributed by atoms with E-state index in [2.05, 4.69) is 29.2 Å². The SMILES string of the molecule is O=C(c1ccccc1OCc1ccccc1)N(Cc1ccccc1-c1ccccc1)c1ccncc1. The van der Waals surface area contributed by atoms with E-state index in [1.165, 1.54) is 0 Å². The lowest BCUT2D eigenvalue weighted by Gasteiger charge is -2.25. The number of ether oxygens (including phenoxy) is 1. The van der Waals surface area contributed by atoms with E-state index >= 15 is 0 Å². The second kappa shape index (κ2) is 11.2. The van der Waals surface area contributed by atoms with Gasteiger partial charge in [-0.05, 0) is 46.5 Å². The van der Waals surface area contributed by atoms with E-state index in [0.717, 1.165) is 27.9 Å². The van der Waals surface area contributed by atoms with E-state index in [-0.39, 0.29) is 5.91 Å². The smallest absolute Gasteiger partial charge is 0.262 e. The summed E-state index contributed by atoms with van der Waals surface area (Å²) in [5.74, 6) is 0.425. The van der Waals surface area contributed by atoms with Crippen molar-refractivity contribution in [2.45, 2.75) is 13.2 Å². The number of hydrogen-bond donors (Lipinski definition) is 0. The molecule has 1 heterocycles. The van der Waals surface area contributed by atoms with Gasteiger partial charge in [0.1, 0.15) is 12.4 Å². The van der Waals surface area contributed by atoms with Gasteiger partial charge in [0.2, 0.25) is 0 Å². The minimum Gasteiger partial charge on any atom is -0.488 e. The number of anilines is 1. The van der Waals surface area contributed by atoms with Gasteiger partial charge in [0.05, 0.1) is 12.1 Å². The van der Waals surface area contributed by atoms with Crippen molar-refractivity contribution < 1.29 is 9.53 Å². The van der Waals surface area contributed by atoms with Crippen LogP contribution in [0.2, 0.25) is 0 Å². The second-order valence-electron chi connectivity index (χ2n) is 8.39. The molecular formula is C32H26N2O2. The highest BCUT2D eigenvalue weighted by Gasteiger charge is 2.23. The number of carbonyl (C=O) groups is 1. The highest BCUT2D eigenvalue weighted by Crippen LogP contribution is 2.29. The predicted molar refractivity (Wildman–Crippen MR) is 144 cm³/mol. The number of nitrogens with zero attached hydrogens (tertiary/aromatic N) is 2. The van der Waals surface area contributed by atoms with Crippen LogP contribution in [-0.2, 0) is 13.2 Å². The third-order valence-electron chi connectivity index (χ3n) is 6.00. The summed E-state index contributed by atoms with van der Waals surface area (Å²) in [5.41, 5.74) is 5.60. The molecule has 5 rings (SSSR count). The number of para-hydroxylation sites is 1. The Bertz CT molecular complexity index is 1420. The Morgan fingerprint density at radius 1 is 0.694 bits per heavy atom. The van der Waals surface area contributed by atoms with Gasteiger partial charge in [-0.2, -0.15) is 0 Å². The number of aromatic nitrogens is 1. The molecule has 0 aliphatic rings. The van der Waals surface area contributed by atoms with Crippen LogP contribution >= 0.6 is 0 Å². The van der Waals surface area contributed by atoms with Crippen LogP contribution in [0.15, 0.2) is 134 Å². The molecule has 5 aromatic rings. The van der Waals surface area contributed by atoms with Crippen LogP contribution < -0.4 is 9.64 Å². The highest BCUT2D eigenvalue weighted by molar-refractivity contribution is 6.07. The second-order valence-corrected chi connectivity index (χ2v) is 8.39. The third-order valence-corrected chi connectivity index (χ3v) is 6.00. The molecule has 0 saturated carbocycles. The number of amides is 1. The van der Waals surface area contributed by atoms with Gasteiger partial charge < -0.3 is 9.64 Å². The van der Waals surface area contributed by atoms with Crippen molar-refractivity contribution in [2.75, 3.05) is 4.90 Å². The normalized spacial score (nSPS) is 10.6. The van der Waals surface area contributed by atoms with E-state index in [9.17, 15) is 4.79 Å². The van der Waals surface area contributed by atoms with Crippen LogP contribution in [0.25, 0.3) is 11.1 Å². The Morgan fingerprint density at radius 3 is 2.11 bits per heavy atom. The first kappa shape index (κ1) is 23.1. The van der Waals surface area contributed by atoms with E-state index in [1.807, 2.05) is 97.1 Å². The Morgan fingerprint density at radius 2 is 1.33 bits per heavy atom. The van der Waals surface area contributed by atoms with Gasteiger partial charge in [0.15, 0.2) is 0 Å². The third kappa shape index (κ3) is 5.34. The van der Waals surface area contributed by atoms with Crippen molar-refractivity contribution in [3.8, 4) is 16.9 Å². The maximum atomic E-state index is 14.1. The van der Waals surface area contributed by atoms with Gasteiger partial charge in [-0.15, -0.1) is 0 Å². The Balaban J connectivity index is 1.49. The first-order chi connectivity index (χ1) is 17.8. The first-order valence-corrected chi connectivity index (χ1v) is 11.9. The molecule has 0 bridgehead atoms. The fraction of sp³-hybridized carbons (Fsp3) is 0.0625. The minimum absolute atomic E-state index is 0.132. The van der Waals surface area contributed by atoms with Crippen LogP contribution in [0.4, 0.5) is 5.69 Å². The molecule has 0 unspecified atom stereocenters. The zero-order valence-corrected chi connectivity index (χ0v) is 19.8. The van der Waals surface area contributed by atoms with Crippen LogP contribution in [0, 0.1) is 0 Å². The first-order valence-electron chi connectivity index (χ1n) is 11.9. The van der Waals surface area contributed by atoms with Crippen molar-refractivity contribution in [1.29, 1.82) is 0 Å². The van der Waals surface area contributed by atoms with Crippen molar-refractivity contribution in [3.63, 3.8) is 0 Å². The number of rotatable bonds is 8. The average Bonchev–Trinajstić information content (AvgIpc) is 2.96.